The predicted molar refractivity (Wildman–Crippen MR) is 73.7 cm³/mol. The van der Waals surface area contributed by atoms with E-state index in [1.165, 1.54) is 0 Å². The van der Waals surface area contributed by atoms with Gasteiger partial charge in [0, 0.05) is 12.6 Å². The molecule has 0 bridgehead atoms. The number of hydrogen-bond acceptors (Lipinski definition) is 3. The highest BCUT2D eigenvalue weighted by Gasteiger charge is 2.06. The number of hydrogen-bond donors (Lipinski definition) is 0. The van der Waals surface area contributed by atoms with Crippen LogP contribution in [0.25, 0.3) is 0 Å². The standard InChI is InChI=1S/C15H22N2O/c1-4-13(2)17(3)10-7-11-18-15-9-6-5-8-14(15)12-16/h5-6,8-9,13H,4,7,10-11H2,1-3H3. The van der Waals surface area contributed by atoms with Crippen molar-refractivity contribution in [1.82, 2.24) is 4.90 Å². The van der Waals surface area contributed by atoms with Crippen LogP contribution in [0, 0.1) is 11.3 Å². The first kappa shape index (κ1) is 14.5. The first-order chi connectivity index (χ1) is 8.69. The van der Waals surface area contributed by atoms with Crippen LogP contribution in [0.1, 0.15) is 32.3 Å². The van der Waals surface area contributed by atoms with E-state index in [0.717, 1.165) is 19.4 Å². The van der Waals surface area contributed by atoms with Crippen LogP contribution < -0.4 is 4.74 Å². The third kappa shape index (κ3) is 4.38. The molecular weight excluding hydrogens is 224 g/mol. The topological polar surface area (TPSA) is 36.3 Å². The lowest BCUT2D eigenvalue weighted by molar-refractivity contribution is 0.220. The van der Waals surface area contributed by atoms with E-state index in [-0.39, 0.29) is 0 Å². The molecule has 0 aromatic heterocycles. The molecule has 1 atom stereocenters. The van der Waals surface area contributed by atoms with Crippen molar-refractivity contribution in [1.29, 1.82) is 5.26 Å². The summed E-state index contributed by atoms with van der Waals surface area (Å²) >= 11 is 0. The molecule has 0 fully saturated rings. The number of benzene rings is 1. The minimum absolute atomic E-state index is 0.604. The zero-order valence-corrected chi connectivity index (χ0v) is 11.5. The van der Waals surface area contributed by atoms with Gasteiger partial charge in [0.05, 0.1) is 12.2 Å². The van der Waals surface area contributed by atoms with Crippen molar-refractivity contribution in [2.24, 2.45) is 0 Å². The fourth-order valence-corrected chi connectivity index (χ4v) is 1.71. The zero-order valence-electron chi connectivity index (χ0n) is 11.5. The van der Waals surface area contributed by atoms with Gasteiger partial charge >= 0.3 is 0 Å². The molecule has 0 aliphatic rings. The molecule has 18 heavy (non-hydrogen) atoms. The van der Waals surface area contributed by atoms with Crippen LogP contribution in [-0.2, 0) is 0 Å². The lowest BCUT2D eigenvalue weighted by atomic mass is 10.2. The van der Waals surface area contributed by atoms with Gasteiger partial charge in [-0.1, -0.05) is 19.1 Å². The Bertz CT molecular complexity index is 398. The lowest BCUT2D eigenvalue weighted by Crippen LogP contribution is -2.30. The van der Waals surface area contributed by atoms with E-state index in [4.69, 9.17) is 10.00 Å². The monoisotopic (exact) mass is 246 g/mol. The Labute approximate surface area is 110 Å². The Kier molecular flexibility index (Phi) is 6.24. The van der Waals surface area contributed by atoms with Gasteiger partial charge in [0.15, 0.2) is 0 Å². The first-order valence-electron chi connectivity index (χ1n) is 6.51. The number of ether oxygens (including phenoxy) is 1. The highest BCUT2D eigenvalue weighted by molar-refractivity contribution is 5.42. The van der Waals surface area contributed by atoms with Crippen molar-refractivity contribution in [2.75, 3.05) is 20.2 Å². The molecule has 0 aliphatic heterocycles. The molecule has 1 unspecified atom stereocenters. The summed E-state index contributed by atoms with van der Waals surface area (Å²) in [6.07, 6.45) is 2.13. The van der Waals surface area contributed by atoms with Crippen molar-refractivity contribution >= 4 is 0 Å². The Hall–Kier alpha value is -1.53. The van der Waals surface area contributed by atoms with Gasteiger partial charge in [-0.15, -0.1) is 0 Å². The third-order valence-electron chi connectivity index (χ3n) is 3.26. The van der Waals surface area contributed by atoms with E-state index >= 15 is 0 Å². The van der Waals surface area contributed by atoms with Gasteiger partial charge in [0.2, 0.25) is 0 Å². The van der Waals surface area contributed by atoms with E-state index < -0.39 is 0 Å². The van der Waals surface area contributed by atoms with Gasteiger partial charge in [-0.05, 0) is 38.9 Å². The van der Waals surface area contributed by atoms with Crippen molar-refractivity contribution in [3.63, 3.8) is 0 Å². The maximum Gasteiger partial charge on any atom is 0.137 e. The average molecular weight is 246 g/mol. The molecular formula is C15H22N2O. The summed E-state index contributed by atoms with van der Waals surface area (Å²) in [5.74, 6) is 0.686. The molecule has 1 rings (SSSR count). The van der Waals surface area contributed by atoms with Crippen molar-refractivity contribution < 1.29 is 4.74 Å². The summed E-state index contributed by atoms with van der Waals surface area (Å²) in [6.45, 7) is 6.09. The molecule has 0 saturated carbocycles. The summed E-state index contributed by atoms with van der Waals surface area (Å²) in [4.78, 5) is 2.33. The third-order valence-corrected chi connectivity index (χ3v) is 3.26. The lowest BCUT2D eigenvalue weighted by Gasteiger charge is -2.23. The number of nitrogens with zero attached hydrogens (tertiary/aromatic N) is 2. The van der Waals surface area contributed by atoms with E-state index in [0.29, 0.717) is 24.0 Å². The summed E-state index contributed by atoms with van der Waals surface area (Å²) in [7, 11) is 2.14. The molecule has 3 heteroatoms. The van der Waals surface area contributed by atoms with Gasteiger partial charge in [-0.3, -0.25) is 0 Å². The maximum absolute atomic E-state index is 8.93. The Balaban J connectivity index is 2.32. The SMILES string of the molecule is CCC(C)N(C)CCCOc1ccccc1C#N. The fourth-order valence-electron chi connectivity index (χ4n) is 1.71. The van der Waals surface area contributed by atoms with E-state index in [9.17, 15) is 0 Å². The minimum Gasteiger partial charge on any atom is -0.492 e. The Morgan fingerprint density at radius 2 is 2.11 bits per heavy atom. The summed E-state index contributed by atoms with van der Waals surface area (Å²) in [6, 6.07) is 10.1. The summed E-state index contributed by atoms with van der Waals surface area (Å²) < 4.78 is 5.64. The molecule has 0 saturated heterocycles. The van der Waals surface area contributed by atoms with Crippen LogP contribution >= 0.6 is 0 Å². The normalized spacial score (nSPS) is 12.2. The molecule has 0 radical (unpaired) electrons. The second-order valence-electron chi connectivity index (χ2n) is 4.55. The molecule has 0 aliphatic carbocycles. The highest BCUT2D eigenvalue weighted by Crippen LogP contribution is 2.16. The molecule has 0 heterocycles. The second kappa shape index (κ2) is 7.73. The van der Waals surface area contributed by atoms with Gasteiger partial charge in [0.25, 0.3) is 0 Å². The average Bonchev–Trinajstić information content (AvgIpc) is 2.42. The molecule has 0 spiro atoms. The van der Waals surface area contributed by atoms with E-state index in [2.05, 4.69) is 31.9 Å². The van der Waals surface area contributed by atoms with Crippen molar-refractivity contribution in [2.45, 2.75) is 32.7 Å². The molecule has 1 aromatic rings. The van der Waals surface area contributed by atoms with Crippen LogP contribution in [-0.4, -0.2) is 31.1 Å². The molecule has 1 aromatic carbocycles. The summed E-state index contributed by atoms with van der Waals surface area (Å²) in [5.41, 5.74) is 0.604. The van der Waals surface area contributed by atoms with Crippen LogP contribution in [0.15, 0.2) is 24.3 Å². The Morgan fingerprint density at radius 3 is 2.78 bits per heavy atom. The first-order valence-corrected chi connectivity index (χ1v) is 6.51. The van der Waals surface area contributed by atoms with Gasteiger partial charge < -0.3 is 9.64 Å². The van der Waals surface area contributed by atoms with Crippen LogP contribution in [0.4, 0.5) is 0 Å². The largest absolute Gasteiger partial charge is 0.492 e. The number of rotatable bonds is 7. The Morgan fingerprint density at radius 1 is 1.39 bits per heavy atom. The van der Waals surface area contributed by atoms with Crippen molar-refractivity contribution in [3.8, 4) is 11.8 Å². The van der Waals surface area contributed by atoms with E-state index in [1.807, 2.05) is 18.2 Å². The van der Waals surface area contributed by atoms with Gasteiger partial charge in [-0.25, -0.2) is 0 Å². The minimum atomic E-state index is 0.604. The van der Waals surface area contributed by atoms with Crippen LogP contribution in [0.2, 0.25) is 0 Å². The van der Waals surface area contributed by atoms with Gasteiger partial charge in [0.1, 0.15) is 11.8 Å². The smallest absolute Gasteiger partial charge is 0.137 e. The second-order valence-corrected chi connectivity index (χ2v) is 4.55. The zero-order chi connectivity index (χ0) is 13.4. The number of para-hydroxylation sites is 1. The van der Waals surface area contributed by atoms with E-state index in [1.54, 1.807) is 6.07 Å². The van der Waals surface area contributed by atoms with Gasteiger partial charge in [-0.2, -0.15) is 5.26 Å². The van der Waals surface area contributed by atoms with Crippen molar-refractivity contribution in [3.05, 3.63) is 29.8 Å². The molecule has 98 valence electrons. The fraction of sp³-hybridized carbons (Fsp3) is 0.533. The predicted octanol–water partition coefficient (Wildman–Crippen LogP) is 3.06. The van der Waals surface area contributed by atoms with Crippen LogP contribution in [0.5, 0.6) is 5.75 Å². The quantitative estimate of drug-likeness (QED) is 0.694. The molecule has 0 amide bonds. The number of nitriles is 1. The highest BCUT2D eigenvalue weighted by atomic mass is 16.5. The van der Waals surface area contributed by atoms with Crippen LogP contribution in [0.3, 0.4) is 0 Å². The molecule has 0 N–H and O–H groups in total. The molecule has 3 nitrogen and oxygen atoms in total. The maximum atomic E-state index is 8.93. The summed E-state index contributed by atoms with van der Waals surface area (Å²) in [5, 5.41) is 8.93.